The maximum Gasteiger partial charge on any atom is 0.186 e. The van der Waals surface area contributed by atoms with Crippen LogP contribution in [0.15, 0.2) is 30.6 Å². The predicted molar refractivity (Wildman–Crippen MR) is 126 cm³/mol. The molecule has 3 heterocycles. The number of aromatic nitrogens is 2. The molecule has 1 saturated heterocycles. The van der Waals surface area contributed by atoms with E-state index in [-0.39, 0.29) is 17.5 Å². The highest BCUT2D eigenvalue weighted by Crippen LogP contribution is 2.29. The molecule has 0 radical (unpaired) electrons. The quantitative estimate of drug-likeness (QED) is 0.467. The van der Waals surface area contributed by atoms with E-state index in [2.05, 4.69) is 33.7 Å². The SMILES string of the molecule is CCCCC(CC(=O)c1cnc(N2CCN(C)CC2)s1)Cc1c[nH]c2ccc(F)cc12. The third kappa shape index (κ3) is 5.33. The van der Waals surface area contributed by atoms with Crippen molar-refractivity contribution in [2.75, 3.05) is 38.1 Å². The molecule has 4 rings (SSSR count). The van der Waals surface area contributed by atoms with Crippen molar-refractivity contribution in [2.45, 2.75) is 39.0 Å². The van der Waals surface area contributed by atoms with Gasteiger partial charge in [-0.25, -0.2) is 9.37 Å². The number of ketones is 1. The van der Waals surface area contributed by atoms with Gasteiger partial charge in [-0.3, -0.25) is 4.79 Å². The van der Waals surface area contributed by atoms with Gasteiger partial charge in [0.25, 0.3) is 0 Å². The molecule has 166 valence electrons. The highest BCUT2D eigenvalue weighted by molar-refractivity contribution is 7.17. The molecule has 1 aromatic carbocycles. The normalized spacial score (nSPS) is 16.2. The van der Waals surface area contributed by atoms with E-state index in [1.54, 1.807) is 18.3 Å². The van der Waals surface area contributed by atoms with Gasteiger partial charge in [0.1, 0.15) is 5.82 Å². The summed E-state index contributed by atoms with van der Waals surface area (Å²) in [6.07, 6.45) is 8.18. The van der Waals surface area contributed by atoms with Crippen molar-refractivity contribution in [1.29, 1.82) is 0 Å². The molecule has 31 heavy (non-hydrogen) atoms. The van der Waals surface area contributed by atoms with Crippen molar-refractivity contribution in [3.05, 3.63) is 46.9 Å². The Bertz CT molecular complexity index is 1020. The smallest absolute Gasteiger partial charge is 0.186 e. The number of nitrogens with one attached hydrogen (secondary N) is 1. The Morgan fingerprint density at radius 2 is 2.10 bits per heavy atom. The number of benzene rings is 1. The number of carbonyl (C=O) groups is 1. The fourth-order valence-corrected chi connectivity index (χ4v) is 5.22. The van der Waals surface area contributed by atoms with Crippen LogP contribution >= 0.6 is 11.3 Å². The number of anilines is 1. The van der Waals surface area contributed by atoms with Crippen LogP contribution in [0.3, 0.4) is 0 Å². The molecular formula is C24H31FN4OS. The summed E-state index contributed by atoms with van der Waals surface area (Å²) in [7, 11) is 2.13. The number of hydrogen-bond acceptors (Lipinski definition) is 5. The lowest BCUT2D eigenvalue weighted by atomic mass is 9.89. The molecule has 0 bridgehead atoms. The van der Waals surface area contributed by atoms with Gasteiger partial charge < -0.3 is 14.8 Å². The summed E-state index contributed by atoms with van der Waals surface area (Å²) in [4.78, 5) is 26.2. The number of halogens is 1. The Hall–Kier alpha value is -2.25. The second-order valence-electron chi connectivity index (χ2n) is 8.64. The lowest BCUT2D eigenvalue weighted by molar-refractivity contribution is 0.0962. The highest BCUT2D eigenvalue weighted by Gasteiger charge is 2.22. The standard InChI is InChI=1S/C24H31FN4OS/c1-3-4-5-17(12-18-15-26-21-7-6-19(25)14-20(18)21)13-22(30)23-16-27-24(31-23)29-10-8-28(2)9-11-29/h6-7,14-17,26H,3-5,8-13H2,1-2H3. The van der Waals surface area contributed by atoms with E-state index in [1.807, 2.05) is 6.20 Å². The van der Waals surface area contributed by atoms with Gasteiger partial charge in [-0.05, 0) is 49.6 Å². The van der Waals surface area contributed by atoms with Crippen LogP contribution in [0.2, 0.25) is 0 Å². The summed E-state index contributed by atoms with van der Waals surface area (Å²) in [6, 6.07) is 4.84. The van der Waals surface area contributed by atoms with Gasteiger partial charge in [-0.2, -0.15) is 0 Å². The van der Waals surface area contributed by atoms with Crippen LogP contribution in [0.1, 0.15) is 47.8 Å². The van der Waals surface area contributed by atoms with Crippen molar-refractivity contribution in [3.8, 4) is 0 Å². The summed E-state index contributed by atoms with van der Waals surface area (Å²) in [5, 5.41) is 1.87. The van der Waals surface area contributed by atoms with Gasteiger partial charge in [0, 0.05) is 49.7 Å². The van der Waals surface area contributed by atoms with Crippen LogP contribution in [0.5, 0.6) is 0 Å². The molecule has 0 aliphatic carbocycles. The van der Waals surface area contributed by atoms with Gasteiger partial charge in [-0.1, -0.05) is 31.1 Å². The third-order valence-electron chi connectivity index (χ3n) is 6.22. The van der Waals surface area contributed by atoms with Gasteiger partial charge in [0.2, 0.25) is 0 Å². The Labute approximate surface area is 187 Å². The maximum absolute atomic E-state index is 13.8. The number of unbranched alkanes of at least 4 members (excludes halogenated alkanes) is 1. The number of likely N-dealkylation sites (N-methyl/N-ethyl adjacent to an activating group) is 1. The van der Waals surface area contributed by atoms with E-state index in [1.165, 1.54) is 17.4 Å². The molecule has 1 fully saturated rings. The predicted octanol–water partition coefficient (Wildman–Crippen LogP) is 5.14. The number of rotatable bonds is 9. The van der Waals surface area contributed by atoms with E-state index in [4.69, 9.17) is 0 Å². The van der Waals surface area contributed by atoms with Crippen LogP contribution in [0.25, 0.3) is 10.9 Å². The average Bonchev–Trinajstić information content (AvgIpc) is 3.40. The number of Topliss-reactive ketones (excluding diaryl/α,β-unsaturated/α-hetero) is 1. The van der Waals surface area contributed by atoms with Crippen molar-refractivity contribution < 1.29 is 9.18 Å². The van der Waals surface area contributed by atoms with Crippen molar-refractivity contribution in [2.24, 2.45) is 5.92 Å². The largest absolute Gasteiger partial charge is 0.361 e. The van der Waals surface area contributed by atoms with E-state index in [9.17, 15) is 9.18 Å². The van der Waals surface area contributed by atoms with Crippen LogP contribution in [-0.2, 0) is 6.42 Å². The topological polar surface area (TPSA) is 52.2 Å². The molecule has 1 aliphatic heterocycles. The highest BCUT2D eigenvalue weighted by atomic mass is 32.1. The van der Waals surface area contributed by atoms with E-state index in [0.717, 1.165) is 78.3 Å². The monoisotopic (exact) mass is 442 g/mol. The van der Waals surface area contributed by atoms with Crippen LogP contribution in [-0.4, -0.2) is 53.9 Å². The Morgan fingerprint density at radius 1 is 1.29 bits per heavy atom. The number of thiazole rings is 1. The number of fused-ring (bicyclic) bond motifs is 1. The fourth-order valence-electron chi connectivity index (χ4n) is 4.30. The first-order valence-corrected chi connectivity index (χ1v) is 12.0. The lowest BCUT2D eigenvalue weighted by Gasteiger charge is -2.32. The van der Waals surface area contributed by atoms with Crippen LogP contribution < -0.4 is 4.90 Å². The molecule has 1 N–H and O–H groups in total. The first kappa shape index (κ1) is 22.0. The van der Waals surface area contributed by atoms with Gasteiger partial charge in [0.05, 0.1) is 11.1 Å². The molecule has 0 saturated carbocycles. The number of carbonyl (C=O) groups excluding carboxylic acids is 1. The number of H-pyrrole nitrogens is 1. The average molecular weight is 443 g/mol. The lowest BCUT2D eigenvalue weighted by Crippen LogP contribution is -2.44. The zero-order chi connectivity index (χ0) is 21.8. The zero-order valence-corrected chi connectivity index (χ0v) is 19.2. The molecule has 2 aromatic heterocycles. The maximum atomic E-state index is 13.8. The van der Waals surface area contributed by atoms with Gasteiger partial charge >= 0.3 is 0 Å². The molecule has 3 aromatic rings. The van der Waals surface area contributed by atoms with Crippen molar-refractivity contribution in [3.63, 3.8) is 0 Å². The number of nitrogens with zero attached hydrogens (tertiary/aromatic N) is 3. The summed E-state index contributed by atoms with van der Waals surface area (Å²) in [6.45, 7) is 6.12. The zero-order valence-electron chi connectivity index (χ0n) is 18.4. The Balaban J connectivity index is 1.45. The number of piperazine rings is 1. The molecule has 0 spiro atoms. The van der Waals surface area contributed by atoms with E-state index >= 15 is 0 Å². The molecule has 1 aliphatic rings. The Kier molecular flexibility index (Phi) is 7.02. The molecule has 1 unspecified atom stereocenters. The minimum absolute atomic E-state index is 0.171. The summed E-state index contributed by atoms with van der Waals surface area (Å²) in [5.74, 6) is 0.185. The third-order valence-corrected chi connectivity index (χ3v) is 7.32. The summed E-state index contributed by atoms with van der Waals surface area (Å²) >= 11 is 1.52. The minimum atomic E-state index is -0.226. The molecule has 1 atom stereocenters. The van der Waals surface area contributed by atoms with E-state index < -0.39 is 0 Å². The fraction of sp³-hybridized carbons (Fsp3) is 0.500. The number of aromatic amines is 1. The Morgan fingerprint density at radius 3 is 2.87 bits per heavy atom. The summed E-state index contributed by atoms with van der Waals surface area (Å²) in [5.41, 5.74) is 2.03. The first-order chi connectivity index (χ1) is 15.0. The minimum Gasteiger partial charge on any atom is -0.361 e. The van der Waals surface area contributed by atoms with Crippen molar-refractivity contribution >= 4 is 33.2 Å². The second kappa shape index (κ2) is 9.92. The molecular weight excluding hydrogens is 411 g/mol. The summed E-state index contributed by atoms with van der Waals surface area (Å²) < 4.78 is 13.8. The molecule has 5 nitrogen and oxygen atoms in total. The van der Waals surface area contributed by atoms with Crippen molar-refractivity contribution in [1.82, 2.24) is 14.9 Å². The van der Waals surface area contributed by atoms with E-state index in [0.29, 0.717) is 6.42 Å². The molecule has 0 amide bonds. The first-order valence-electron chi connectivity index (χ1n) is 11.2. The molecule has 7 heteroatoms. The van der Waals surface area contributed by atoms with Crippen LogP contribution in [0.4, 0.5) is 9.52 Å². The van der Waals surface area contributed by atoms with Crippen LogP contribution in [0, 0.1) is 11.7 Å². The second-order valence-corrected chi connectivity index (χ2v) is 9.65. The van der Waals surface area contributed by atoms with Gasteiger partial charge in [0.15, 0.2) is 10.9 Å². The van der Waals surface area contributed by atoms with Gasteiger partial charge in [-0.15, -0.1) is 0 Å². The number of hydrogen-bond donors (Lipinski definition) is 1.